The second kappa shape index (κ2) is 4.22. The van der Waals surface area contributed by atoms with E-state index in [4.69, 9.17) is 9.52 Å². The number of aromatic nitrogens is 1. The van der Waals surface area contributed by atoms with Crippen LogP contribution in [0.15, 0.2) is 28.7 Å². The number of nitrogens with zero attached hydrogens (tertiary/aromatic N) is 1. The Bertz CT molecular complexity index is 474. The first-order valence-corrected chi connectivity index (χ1v) is 4.99. The maximum atomic E-state index is 10.5. The lowest BCUT2D eigenvalue weighted by Gasteiger charge is -2.07. The lowest BCUT2D eigenvalue weighted by atomic mass is 10.2. The third-order valence-electron chi connectivity index (χ3n) is 2.14. The normalized spacial score (nSPS) is 12.6. The molecule has 1 aromatic heterocycles. The van der Waals surface area contributed by atoms with E-state index in [0.29, 0.717) is 11.6 Å². The van der Waals surface area contributed by atoms with Crippen LogP contribution in [0, 0.1) is 0 Å². The third kappa shape index (κ3) is 2.31. The van der Waals surface area contributed by atoms with E-state index in [2.05, 4.69) is 10.3 Å². The number of aliphatic carboxylic acids is 1. The van der Waals surface area contributed by atoms with E-state index in [1.807, 2.05) is 24.3 Å². The lowest BCUT2D eigenvalue weighted by molar-refractivity contribution is -0.137. The summed E-state index contributed by atoms with van der Waals surface area (Å²) in [6, 6.07) is 7.52. The molecule has 0 saturated carbocycles. The molecule has 2 rings (SSSR count). The van der Waals surface area contributed by atoms with Gasteiger partial charge in [-0.3, -0.25) is 4.79 Å². The number of hydrogen-bond donors (Lipinski definition) is 2. The number of rotatable bonds is 4. The first kappa shape index (κ1) is 10.5. The van der Waals surface area contributed by atoms with Crippen molar-refractivity contribution in [3.63, 3.8) is 0 Å². The van der Waals surface area contributed by atoms with Crippen molar-refractivity contribution in [3.05, 3.63) is 24.3 Å². The van der Waals surface area contributed by atoms with Crippen LogP contribution in [0.2, 0.25) is 0 Å². The van der Waals surface area contributed by atoms with Crippen molar-refractivity contribution < 1.29 is 14.3 Å². The third-order valence-corrected chi connectivity index (χ3v) is 2.14. The molecule has 5 heteroatoms. The number of benzene rings is 1. The van der Waals surface area contributed by atoms with Gasteiger partial charge in [0.2, 0.25) is 0 Å². The summed E-state index contributed by atoms with van der Waals surface area (Å²) in [4.78, 5) is 14.7. The highest BCUT2D eigenvalue weighted by atomic mass is 16.4. The van der Waals surface area contributed by atoms with E-state index >= 15 is 0 Å². The van der Waals surface area contributed by atoms with Gasteiger partial charge in [-0.1, -0.05) is 12.1 Å². The highest BCUT2D eigenvalue weighted by Gasteiger charge is 2.11. The van der Waals surface area contributed by atoms with Gasteiger partial charge in [0.1, 0.15) is 5.52 Å². The number of oxazole rings is 1. The van der Waals surface area contributed by atoms with Crippen LogP contribution in [0.25, 0.3) is 11.1 Å². The van der Waals surface area contributed by atoms with E-state index in [0.717, 1.165) is 5.52 Å². The van der Waals surface area contributed by atoms with Crippen LogP contribution in [-0.4, -0.2) is 22.1 Å². The fraction of sp³-hybridized carbons (Fsp3) is 0.273. The minimum Gasteiger partial charge on any atom is -0.481 e. The summed E-state index contributed by atoms with van der Waals surface area (Å²) in [7, 11) is 0. The average molecular weight is 220 g/mol. The first-order valence-electron chi connectivity index (χ1n) is 4.99. The Morgan fingerprint density at radius 1 is 1.56 bits per heavy atom. The Kier molecular flexibility index (Phi) is 2.76. The highest BCUT2D eigenvalue weighted by Crippen LogP contribution is 2.18. The quantitative estimate of drug-likeness (QED) is 0.825. The Balaban J connectivity index is 2.12. The van der Waals surface area contributed by atoms with Crippen LogP contribution in [0.5, 0.6) is 0 Å². The highest BCUT2D eigenvalue weighted by molar-refractivity contribution is 5.74. The maximum Gasteiger partial charge on any atom is 0.305 e. The largest absolute Gasteiger partial charge is 0.481 e. The molecular formula is C11H12N2O3. The summed E-state index contributed by atoms with van der Waals surface area (Å²) in [5.74, 6) is -0.851. The van der Waals surface area contributed by atoms with E-state index < -0.39 is 5.97 Å². The predicted molar refractivity (Wildman–Crippen MR) is 59.3 cm³/mol. The van der Waals surface area contributed by atoms with Gasteiger partial charge < -0.3 is 14.8 Å². The van der Waals surface area contributed by atoms with Gasteiger partial charge >= 0.3 is 5.97 Å². The van der Waals surface area contributed by atoms with Gasteiger partial charge in [-0.25, -0.2) is 0 Å². The fourth-order valence-corrected chi connectivity index (χ4v) is 1.46. The molecule has 2 aromatic rings. The van der Waals surface area contributed by atoms with E-state index in [9.17, 15) is 4.79 Å². The predicted octanol–water partition coefficient (Wildman–Crippen LogP) is 2.10. The molecule has 0 fully saturated rings. The van der Waals surface area contributed by atoms with Crippen molar-refractivity contribution >= 4 is 23.1 Å². The molecule has 5 nitrogen and oxygen atoms in total. The van der Waals surface area contributed by atoms with E-state index in [1.165, 1.54) is 0 Å². The molecular weight excluding hydrogens is 208 g/mol. The molecule has 0 aliphatic carbocycles. The molecule has 0 bridgehead atoms. The maximum absolute atomic E-state index is 10.5. The van der Waals surface area contributed by atoms with Gasteiger partial charge in [0.05, 0.1) is 6.42 Å². The van der Waals surface area contributed by atoms with Crippen molar-refractivity contribution in [1.82, 2.24) is 4.98 Å². The molecule has 1 aromatic carbocycles. The van der Waals surface area contributed by atoms with Crippen LogP contribution in [0.3, 0.4) is 0 Å². The number of carbonyl (C=O) groups is 1. The Morgan fingerprint density at radius 3 is 3.00 bits per heavy atom. The minimum absolute atomic E-state index is 0.0265. The van der Waals surface area contributed by atoms with Crippen LogP contribution in [-0.2, 0) is 4.79 Å². The van der Waals surface area contributed by atoms with Gasteiger partial charge in [0.25, 0.3) is 6.01 Å². The monoisotopic (exact) mass is 220 g/mol. The molecule has 0 spiro atoms. The van der Waals surface area contributed by atoms with Gasteiger partial charge in [0.15, 0.2) is 5.58 Å². The Labute approximate surface area is 92.1 Å². The molecule has 0 amide bonds. The summed E-state index contributed by atoms with van der Waals surface area (Å²) in [5, 5.41) is 11.5. The Morgan fingerprint density at radius 2 is 2.31 bits per heavy atom. The summed E-state index contributed by atoms with van der Waals surface area (Å²) >= 11 is 0. The zero-order valence-electron chi connectivity index (χ0n) is 8.80. The summed E-state index contributed by atoms with van der Waals surface area (Å²) in [6.07, 6.45) is 0.0265. The number of carboxylic acids is 1. The van der Waals surface area contributed by atoms with Crippen molar-refractivity contribution in [2.45, 2.75) is 19.4 Å². The zero-order chi connectivity index (χ0) is 11.5. The molecule has 2 N–H and O–H groups in total. The molecule has 1 unspecified atom stereocenters. The molecule has 16 heavy (non-hydrogen) atoms. The number of nitrogens with one attached hydrogen (secondary N) is 1. The molecule has 0 radical (unpaired) electrons. The second-order valence-electron chi connectivity index (χ2n) is 3.63. The van der Waals surface area contributed by atoms with Crippen molar-refractivity contribution in [2.75, 3.05) is 5.32 Å². The number of fused-ring (bicyclic) bond motifs is 1. The summed E-state index contributed by atoms with van der Waals surface area (Å²) < 4.78 is 5.41. The van der Waals surface area contributed by atoms with Crippen molar-refractivity contribution in [3.8, 4) is 0 Å². The molecule has 0 aliphatic heterocycles. The van der Waals surface area contributed by atoms with Gasteiger partial charge in [0, 0.05) is 6.04 Å². The van der Waals surface area contributed by atoms with Gasteiger partial charge in [-0.15, -0.1) is 0 Å². The van der Waals surface area contributed by atoms with Crippen LogP contribution in [0.4, 0.5) is 6.01 Å². The van der Waals surface area contributed by atoms with Gasteiger partial charge in [-0.2, -0.15) is 4.98 Å². The summed E-state index contributed by atoms with van der Waals surface area (Å²) in [6.45, 7) is 1.77. The number of carboxylic acid groups (broad SMARTS) is 1. The smallest absolute Gasteiger partial charge is 0.305 e. The molecule has 1 atom stereocenters. The summed E-state index contributed by atoms with van der Waals surface area (Å²) in [5.41, 5.74) is 1.44. The molecule has 84 valence electrons. The second-order valence-corrected chi connectivity index (χ2v) is 3.63. The standard InChI is InChI=1S/C11H12N2O3/c1-7(6-10(14)15)12-11-13-8-4-2-3-5-9(8)16-11/h2-5,7H,6H2,1H3,(H,12,13)(H,14,15). The minimum atomic E-state index is -0.851. The first-order chi connectivity index (χ1) is 7.65. The lowest BCUT2D eigenvalue weighted by Crippen LogP contribution is -2.19. The average Bonchev–Trinajstić information content (AvgIpc) is 2.57. The van der Waals surface area contributed by atoms with E-state index in [1.54, 1.807) is 6.92 Å². The molecule has 1 heterocycles. The number of para-hydroxylation sites is 2. The van der Waals surface area contributed by atoms with Crippen LogP contribution < -0.4 is 5.32 Å². The van der Waals surface area contributed by atoms with Crippen LogP contribution >= 0.6 is 0 Å². The zero-order valence-corrected chi connectivity index (χ0v) is 8.80. The SMILES string of the molecule is CC(CC(=O)O)Nc1nc2ccccc2o1. The topological polar surface area (TPSA) is 75.4 Å². The van der Waals surface area contributed by atoms with Crippen LogP contribution in [0.1, 0.15) is 13.3 Å². The number of anilines is 1. The Hall–Kier alpha value is -2.04. The molecule has 0 aliphatic rings. The van der Waals surface area contributed by atoms with Gasteiger partial charge in [-0.05, 0) is 19.1 Å². The van der Waals surface area contributed by atoms with Crippen molar-refractivity contribution in [2.24, 2.45) is 0 Å². The van der Waals surface area contributed by atoms with Crippen molar-refractivity contribution in [1.29, 1.82) is 0 Å². The van der Waals surface area contributed by atoms with E-state index in [-0.39, 0.29) is 12.5 Å². The number of hydrogen-bond acceptors (Lipinski definition) is 4. The fourth-order valence-electron chi connectivity index (χ4n) is 1.46. The molecule has 0 saturated heterocycles.